The lowest BCUT2D eigenvalue weighted by atomic mass is 9.54. The van der Waals surface area contributed by atoms with Crippen LogP contribution in [0.5, 0.6) is 0 Å². The molecule has 1 saturated heterocycles. The van der Waals surface area contributed by atoms with Gasteiger partial charge in [0.2, 0.25) is 0 Å². The summed E-state index contributed by atoms with van der Waals surface area (Å²) >= 11 is 0. The van der Waals surface area contributed by atoms with Gasteiger partial charge in [-0.3, -0.25) is 4.90 Å². The van der Waals surface area contributed by atoms with Crippen LogP contribution in [0.1, 0.15) is 52.4 Å². The van der Waals surface area contributed by atoms with Crippen molar-refractivity contribution in [2.24, 2.45) is 5.92 Å². The molecular weight excluding hydrogens is 294 g/mol. The minimum atomic E-state index is -0.322. The van der Waals surface area contributed by atoms with Gasteiger partial charge in [0.1, 0.15) is 0 Å². The van der Waals surface area contributed by atoms with Crippen LogP contribution < -0.4 is 0 Å². The van der Waals surface area contributed by atoms with Crippen molar-refractivity contribution in [3.8, 4) is 0 Å². The van der Waals surface area contributed by atoms with Gasteiger partial charge < -0.3 is 9.47 Å². The monoisotopic (exact) mass is 321 g/mol. The number of hydrogen-bond acceptors (Lipinski definition) is 5. The smallest absolute Gasteiger partial charge is 0.336 e. The Labute approximate surface area is 138 Å². The third kappa shape index (κ3) is 2.49. The zero-order valence-corrected chi connectivity index (χ0v) is 14.2. The molecule has 0 aromatic rings. The Morgan fingerprint density at radius 1 is 1.04 bits per heavy atom. The number of fused-ring (bicyclic) bond motifs is 1. The van der Waals surface area contributed by atoms with Gasteiger partial charge in [0.05, 0.1) is 29.9 Å². The molecule has 3 rings (SSSR count). The van der Waals surface area contributed by atoms with Gasteiger partial charge in [-0.25, -0.2) is 9.59 Å². The molecule has 0 bridgehead atoms. The van der Waals surface area contributed by atoms with E-state index in [0.717, 1.165) is 38.8 Å². The fraction of sp³-hybridized carbons (Fsp3) is 0.778. The van der Waals surface area contributed by atoms with Crippen LogP contribution in [0.25, 0.3) is 0 Å². The lowest BCUT2D eigenvalue weighted by molar-refractivity contribution is -0.148. The van der Waals surface area contributed by atoms with Crippen molar-refractivity contribution in [2.45, 2.75) is 57.9 Å². The molecule has 3 aliphatic rings. The van der Waals surface area contributed by atoms with E-state index in [1.54, 1.807) is 6.92 Å². The predicted molar refractivity (Wildman–Crippen MR) is 85.8 cm³/mol. The van der Waals surface area contributed by atoms with E-state index < -0.39 is 0 Å². The van der Waals surface area contributed by atoms with E-state index in [0.29, 0.717) is 24.4 Å². The number of nitrogens with zero attached hydrogens (tertiary/aromatic N) is 1. The second kappa shape index (κ2) is 6.63. The molecule has 0 aromatic carbocycles. The highest BCUT2D eigenvalue weighted by atomic mass is 16.5. The molecule has 0 aromatic heterocycles. The molecule has 0 amide bonds. The van der Waals surface area contributed by atoms with Crippen LogP contribution in [0.15, 0.2) is 11.1 Å². The van der Waals surface area contributed by atoms with Crippen LogP contribution in [0.3, 0.4) is 0 Å². The van der Waals surface area contributed by atoms with Gasteiger partial charge >= 0.3 is 11.9 Å². The highest BCUT2D eigenvalue weighted by molar-refractivity contribution is 6.06. The highest BCUT2D eigenvalue weighted by Gasteiger charge is 2.62. The highest BCUT2D eigenvalue weighted by Crippen LogP contribution is 2.57. The van der Waals surface area contributed by atoms with Gasteiger partial charge in [0.25, 0.3) is 0 Å². The van der Waals surface area contributed by atoms with Crippen LogP contribution in [0.2, 0.25) is 0 Å². The summed E-state index contributed by atoms with van der Waals surface area (Å²) in [6.07, 6.45) is 6.46. The molecule has 0 N–H and O–H groups in total. The van der Waals surface area contributed by atoms with E-state index in [9.17, 15) is 9.59 Å². The third-order valence-electron chi connectivity index (χ3n) is 5.57. The molecule has 2 fully saturated rings. The van der Waals surface area contributed by atoms with Gasteiger partial charge in [0.15, 0.2) is 0 Å². The maximum Gasteiger partial charge on any atom is 0.336 e. The first-order valence-electron chi connectivity index (χ1n) is 9.00. The minimum absolute atomic E-state index is 0.132. The Morgan fingerprint density at radius 3 is 2.35 bits per heavy atom. The van der Waals surface area contributed by atoms with Crippen molar-refractivity contribution in [3.05, 3.63) is 11.1 Å². The van der Waals surface area contributed by atoms with Gasteiger partial charge in [-0.2, -0.15) is 0 Å². The lowest BCUT2D eigenvalue weighted by Crippen LogP contribution is -2.65. The summed E-state index contributed by atoms with van der Waals surface area (Å²) in [7, 11) is 0. The average Bonchev–Trinajstić information content (AvgIpc) is 3.03. The normalized spacial score (nSPS) is 30.6. The molecule has 5 nitrogen and oxygen atoms in total. The van der Waals surface area contributed by atoms with Crippen LogP contribution in [0, 0.1) is 5.92 Å². The predicted octanol–water partition coefficient (Wildman–Crippen LogP) is 2.45. The summed E-state index contributed by atoms with van der Waals surface area (Å²) in [6.45, 7) is 6.30. The maximum absolute atomic E-state index is 12.6. The van der Waals surface area contributed by atoms with Gasteiger partial charge in [-0.1, -0.05) is 12.8 Å². The number of hydrogen-bond donors (Lipinski definition) is 0. The Morgan fingerprint density at radius 2 is 1.70 bits per heavy atom. The third-order valence-corrected chi connectivity index (χ3v) is 5.57. The minimum Gasteiger partial charge on any atom is -0.463 e. The zero-order chi connectivity index (χ0) is 16.4. The Kier molecular flexibility index (Phi) is 4.76. The summed E-state index contributed by atoms with van der Waals surface area (Å²) in [6, 6.07) is 0. The Hall–Kier alpha value is -1.36. The second-order valence-electron chi connectivity index (χ2n) is 6.65. The van der Waals surface area contributed by atoms with Gasteiger partial charge in [0, 0.05) is 5.92 Å². The van der Waals surface area contributed by atoms with Crippen LogP contribution >= 0.6 is 0 Å². The van der Waals surface area contributed by atoms with E-state index >= 15 is 0 Å². The summed E-state index contributed by atoms with van der Waals surface area (Å²) in [5, 5.41) is 0. The first kappa shape index (κ1) is 16.5. The number of likely N-dealkylation sites (tertiary alicyclic amines) is 1. The molecule has 2 atom stereocenters. The van der Waals surface area contributed by atoms with Crippen molar-refractivity contribution in [3.63, 3.8) is 0 Å². The van der Waals surface area contributed by atoms with Crippen molar-refractivity contribution in [1.29, 1.82) is 0 Å². The van der Waals surface area contributed by atoms with Crippen LogP contribution in [-0.4, -0.2) is 48.7 Å². The van der Waals surface area contributed by atoms with Crippen LogP contribution in [0.4, 0.5) is 0 Å². The van der Waals surface area contributed by atoms with E-state index in [-0.39, 0.29) is 23.4 Å². The molecule has 1 heterocycles. The van der Waals surface area contributed by atoms with E-state index in [2.05, 4.69) is 4.90 Å². The SMILES string of the molecule is CCOC(=O)C1=C(C(=O)OCC)C2(N3CCCC3)CCCCC12. The molecule has 0 spiro atoms. The fourth-order valence-corrected chi connectivity index (χ4v) is 4.76. The van der Waals surface area contributed by atoms with E-state index in [1.807, 2.05) is 6.92 Å². The number of carbonyl (C=O) groups excluding carboxylic acids is 2. The molecule has 5 heteroatoms. The summed E-state index contributed by atoms with van der Waals surface area (Å²) < 4.78 is 10.5. The number of esters is 2. The number of carbonyl (C=O) groups is 2. The van der Waals surface area contributed by atoms with Crippen molar-refractivity contribution >= 4 is 11.9 Å². The molecule has 2 unspecified atom stereocenters. The maximum atomic E-state index is 12.6. The quantitative estimate of drug-likeness (QED) is 0.728. The second-order valence-corrected chi connectivity index (χ2v) is 6.65. The summed E-state index contributed by atoms with van der Waals surface area (Å²) in [5.41, 5.74) is 0.921. The van der Waals surface area contributed by atoms with Crippen molar-refractivity contribution in [2.75, 3.05) is 26.3 Å². The molecule has 0 radical (unpaired) electrons. The van der Waals surface area contributed by atoms with E-state index in [1.165, 1.54) is 12.8 Å². The Balaban J connectivity index is 2.03. The number of ether oxygens (including phenoxy) is 2. The topological polar surface area (TPSA) is 55.8 Å². The van der Waals surface area contributed by atoms with E-state index in [4.69, 9.17) is 9.47 Å². The number of rotatable bonds is 5. The molecule has 128 valence electrons. The largest absolute Gasteiger partial charge is 0.463 e. The Bertz CT molecular complexity index is 521. The van der Waals surface area contributed by atoms with Gasteiger partial charge in [-0.15, -0.1) is 0 Å². The van der Waals surface area contributed by atoms with Crippen LogP contribution in [-0.2, 0) is 19.1 Å². The molecule has 1 saturated carbocycles. The first-order valence-corrected chi connectivity index (χ1v) is 9.00. The first-order chi connectivity index (χ1) is 11.2. The summed E-state index contributed by atoms with van der Waals surface area (Å²) in [4.78, 5) is 27.5. The lowest BCUT2D eigenvalue weighted by Gasteiger charge is -2.58. The fourth-order valence-electron chi connectivity index (χ4n) is 4.76. The zero-order valence-electron chi connectivity index (χ0n) is 14.2. The summed E-state index contributed by atoms with van der Waals surface area (Å²) in [5.74, 6) is -0.509. The average molecular weight is 321 g/mol. The van der Waals surface area contributed by atoms with Crippen molar-refractivity contribution in [1.82, 2.24) is 4.90 Å². The molecule has 23 heavy (non-hydrogen) atoms. The van der Waals surface area contributed by atoms with Crippen molar-refractivity contribution < 1.29 is 19.1 Å². The van der Waals surface area contributed by atoms with Gasteiger partial charge in [-0.05, 0) is 52.6 Å². The molecule has 1 aliphatic heterocycles. The molecule has 2 aliphatic carbocycles. The molecular formula is C18H27NO4. The standard InChI is InChI=1S/C18H27NO4/c1-3-22-16(20)14-13-9-5-6-10-18(13,19-11-7-8-12-19)15(14)17(21)23-4-2/h13H,3-12H2,1-2H3.